The summed E-state index contributed by atoms with van der Waals surface area (Å²) in [6.45, 7) is 4.88. The smallest absolute Gasteiger partial charge is 0.331 e. The highest BCUT2D eigenvalue weighted by atomic mass is 16.5. The quantitative estimate of drug-likeness (QED) is 0.410. The van der Waals surface area contributed by atoms with Crippen LogP contribution in [-0.2, 0) is 20.9 Å². The van der Waals surface area contributed by atoms with Gasteiger partial charge in [0.15, 0.2) is 6.61 Å². The van der Waals surface area contributed by atoms with Crippen LogP contribution in [0.5, 0.6) is 0 Å². The van der Waals surface area contributed by atoms with Gasteiger partial charge in [-0.1, -0.05) is 61.0 Å². The standard InChI is InChI=1S/C25H26N2O3/c1-3-16-27(17-20-11-9-19(2)10-12-20)23(28)18-30-24(29)14-13-22-7-4-6-21-8-5-15-26-25(21)22/h4-15H,3,16-18H2,1-2H3. The molecular weight excluding hydrogens is 376 g/mol. The zero-order valence-corrected chi connectivity index (χ0v) is 17.4. The van der Waals surface area contributed by atoms with E-state index in [0.717, 1.165) is 28.5 Å². The molecule has 5 heteroatoms. The van der Waals surface area contributed by atoms with E-state index in [9.17, 15) is 9.59 Å². The number of benzene rings is 2. The first kappa shape index (κ1) is 21.2. The van der Waals surface area contributed by atoms with Crippen LogP contribution in [0.15, 0.2) is 66.9 Å². The SMILES string of the molecule is CCCN(Cc1ccc(C)cc1)C(=O)COC(=O)C=Cc1cccc2cccnc12. The number of hydrogen-bond donors (Lipinski definition) is 0. The molecule has 5 nitrogen and oxygen atoms in total. The summed E-state index contributed by atoms with van der Waals surface area (Å²) in [6.07, 6.45) is 5.55. The van der Waals surface area contributed by atoms with Crippen LogP contribution in [0.3, 0.4) is 0 Å². The Morgan fingerprint density at radius 2 is 1.83 bits per heavy atom. The van der Waals surface area contributed by atoms with Crippen molar-refractivity contribution in [3.63, 3.8) is 0 Å². The van der Waals surface area contributed by atoms with Crippen molar-refractivity contribution >= 4 is 28.9 Å². The van der Waals surface area contributed by atoms with Crippen molar-refractivity contribution in [1.29, 1.82) is 0 Å². The monoisotopic (exact) mass is 402 g/mol. The van der Waals surface area contributed by atoms with Gasteiger partial charge in [0.05, 0.1) is 5.52 Å². The summed E-state index contributed by atoms with van der Waals surface area (Å²) < 4.78 is 5.18. The topological polar surface area (TPSA) is 59.5 Å². The highest BCUT2D eigenvalue weighted by molar-refractivity contribution is 5.93. The van der Waals surface area contributed by atoms with Crippen molar-refractivity contribution < 1.29 is 14.3 Å². The number of rotatable bonds is 8. The first-order valence-corrected chi connectivity index (χ1v) is 10.1. The van der Waals surface area contributed by atoms with Crippen LogP contribution >= 0.6 is 0 Å². The van der Waals surface area contributed by atoms with Gasteiger partial charge >= 0.3 is 5.97 Å². The van der Waals surface area contributed by atoms with Crippen LogP contribution in [0, 0.1) is 6.92 Å². The molecule has 0 N–H and O–H groups in total. The Hall–Kier alpha value is -3.47. The number of aryl methyl sites for hydroxylation is 1. The minimum absolute atomic E-state index is 0.203. The number of carbonyl (C=O) groups is 2. The Bertz CT molecular complexity index is 1040. The van der Waals surface area contributed by atoms with Crippen LogP contribution in [0.2, 0.25) is 0 Å². The van der Waals surface area contributed by atoms with Crippen LogP contribution in [-0.4, -0.2) is 34.9 Å². The van der Waals surface area contributed by atoms with Crippen molar-refractivity contribution in [2.45, 2.75) is 26.8 Å². The van der Waals surface area contributed by atoms with Crippen molar-refractivity contribution in [2.75, 3.05) is 13.2 Å². The summed E-state index contributed by atoms with van der Waals surface area (Å²) in [4.78, 5) is 30.8. The van der Waals surface area contributed by atoms with Crippen LogP contribution in [0.1, 0.15) is 30.0 Å². The van der Waals surface area contributed by atoms with Gasteiger partial charge in [0.2, 0.25) is 0 Å². The van der Waals surface area contributed by atoms with Gasteiger partial charge in [0.25, 0.3) is 5.91 Å². The second-order valence-corrected chi connectivity index (χ2v) is 7.16. The van der Waals surface area contributed by atoms with E-state index in [4.69, 9.17) is 4.74 Å². The first-order valence-electron chi connectivity index (χ1n) is 10.1. The van der Waals surface area contributed by atoms with Gasteiger partial charge in [0.1, 0.15) is 0 Å². The number of aromatic nitrogens is 1. The van der Waals surface area contributed by atoms with Crippen LogP contribution < -0.4 is 0 Å². The molecular formula is C25H26N2O3. The molecule has 0 aliphatic carbocycles. The molecule has 3 aromatic rings. The number of hydrogen-bond acceptors (Lipinski definition) is 4. The molecule has 1 aromatic heterocycles. The molecule has 0 spiro atoms. The third-order valence-corrected chi connectivity index (χ3v) is 4.74. The average Bonchev–Trinajstić information content (AvgIpc) is 2.77. The van der Waals surface area contributed by atoms with Crippen LogP contribution in [0.25, 0.3) is 17.0 Å². The molecule has 0 aliphatic heterocycles. The highest BCUT2D eigenvalue weighted by Gasteiger charge is 2.15. The number of carbonyl (C=O) groups excluding carboxylic acids is 2. The Balaban J connectivity index is 1.58. The molecule has 1 amide bonds. The summed E-state index contributed by atoms with van der Waals surface area (Å²) in [5, 5.41) is 0.995. The molecule has 0 saturated heterocycles. The number of fused-ring (bicyclic) bond motifs is 1. The molecule has 0 bridgehead atoms. The summed E-state index contributed by atoms with van der Waals surface area (Å²) in [6, 6.07) is 17.7. The molecule has 1 heterocycles. The minimum Gasteiger partial charge on any atom is -0.452 e. The van der Waals surface area contributed by atoms with Crippen molar-refractivity contribution in [3.05, 3.63) is 83.6 Å². The predicted octanol–water partition coefficient (Wildman–Crippen LogP) is 4.54. The van der Waals surface area contributed by atoms with Crippen molar-refractivity contribution in [1.82, 2.24) is 9.88 Å². The molecule has 0 fully saturated rings. The second kappa shape index (κ2) is 10.3. The molecule has 0 aliphatic rings. The number of amides is 1. The normalized spacial score (nSPS) is 11.0. The predicted molar refractivity (Wildman–Crippen MR) is 119 cm³/mol. The fraction of sp³-hybridized carbons (Fsp3) is 0.240. The van der Waals surface area contributed by atoms with Crippen molar-refractivity contribution in [3.8, 4) is 0 Å². The largest absolute Gasteiger partial charge is 0.452 e. The Kier molecular flexibility index (Phi) is 7.33. The lowest BCUT2D eigenvalue weighted by Crippen LogP contribution is -2.34. The molecule has 0 unspecified atom stereocenters. The van der Waals surface area contributed by atoms with Gasteiger partial charge < -0.3 is 9.64 Å². The molecule has 0 radical (unpaired) electrons. The van der Waals surface area contributed by atoms with Gasteiger partial charge in [0, 0.05) is 36.3 Å². The van der Waals surface area contributed by atoms with Gasteiger partial charge in [-0.25, -0.2) is 4.79 Å². The maximum atomic E-state index is 12.6. The highest BCUT2D eigenvalue weighted by Crippen LogP contribution is 2.17. The maximum Gasteiger partial charge on any atom is 0.331 e. The molecule has 2 aromatic carbocycles. The first-order chi connectivity index (χ1) is 14.6. The zero-order chi connectivity index (χ0) is 21.3. The number of para-hydroxylation sites is 1. The minimum atomic E-state index is -0.553. The molecule has 154 valence electrons. The van der Waals surface area contributed by atoms with Gasteiger partial charge in [-0.2, -0.15) is 0 Å². The van der Waals surface area contributed by atoms with E-state index in [-0.39, 0.29) is 12.5 Å². The Labute approximate surface area is 177 Å². The van der Waals surface area contributed by atoms with E-state index in [1.807, 2.05) is 68.4 Å². The second-order valence-electron chi connectivity index (χ2n) is 7.16. The maximum absolute atomic E-state index is 12.6. The van der Waals surface area contributed by atoms with Gasteiger partial charge in [-0.3, -0.25) is 9.78 Å². The van der Waals surface area contributed by atoms with E-state index < -0.39 is 5.97 Å². The lowest BCUT2D eigenvalue weighted by atomic mass is 10.1. The summed E-state index contributed by atoms with van der Waals surface area (Å²) >= 11 is 0. The fourth-order valence-corrected chi connectivity index (χ4v) is 3.17. The summed E-state index contributed by atoms with van der Waals surface area (Å²) in [5.74, 6) is -0.755. The third kappa shape index (κ3) is 5.77. The average molecular weight is 402 g/mol. The van der Waals surface area contributed by atoms with E-state index in [0.29, 0.717) is 13.1 Å². The molecule has 0 atom stereocenters. The lowest BCUT2D eigenvalue weighted by Gasteiger charge is -2.22. The molecule has 0 saturated carbocycles. The van der Waals surface area contributed by atoms with E-state index in [1.54, 1.807) is 17.2 Å². The fourth-order valence-electron chi connectivity index (χ4n) is 3.17. The number of pyridine rings is 1. The van der Waals surface area contributed by atoms with E-state index in [2.05, 4.69) is 4.98 Å². The number of nitrogens with zero attached hydrogens (tertiary/aromatic N) is 2. The Morgan fingerprint density at radius 1 is 1.07 bits per heavy atom. The summed E-state index contributed by atoms with van der Waals surface area (Å²) in [5.41, 5.74) is 3.86. The Morgan fingerprint density at radius 3 is 2.60 bits per heavy atom. The van der Waals surface area contributed by atoms with Crippen LogP contribution in [0.4, 0.5) is 0 Å². The lowest BCUT2D eigenvalue weighted by molar-refractivity contribution is -0.148. The van der Waals surface area contributed by atoms with Gasteiger partial charge in [-0.15, -0.1) is 0 Å². The summed E-state index contributed by atoms with van der Waals surface area (Å²) in [7, 11) is 0. The molecule has 3 rings (SSSR count). The number of esters is 1. The third-order valence-electron chi connectivity index (χ3n) is 4.74. The molecule has 30 heavy (non-hydrogen) atoms. The zero-order valence-electron chi connectivity index (χ0n) is 17.4. The number of ether oxygens (including phenoxy) is 1. The van der Waals surface area contributed by atoms with Gasteiger partial charge in [-0.05, 0) is 31.1 Å². The van der Waals surface area contributed by atoms with E-state index in [1.165, 1.54) is 11.6 Å². The van der Waals surface area contributed by atoms with E-state index >= 15 is 0 Å². The van der Waals surface area contributed by atoms with Crippen molar-refractivity contribution in [2.24, 2.45) is 0 Å².